The van der Waals surface area contributed by atoms with E-state index in [1.807, 2.05) is 13.8 Å². The van der Waals surface area contributed by atoms with E-state index in [1.54, 1.807) is 0 Å². The highest BCUT2D eigenvalue weighted by molar-refractivity contribution is 8.04. The molecule has 0 aromatic carbocycles. The molecule has 0 fully saturated rings. The first-order chi connectivity index (χ1) is 11.0. The van der Waals surface area contributed by atoms with Crippen LogP contribution in [-0.4, -0.2) is 34.8 Å². The van der Waals surface area contributed by atoms with Crippen molar-refractivity contribution in [3.8, 4) is 5.40 Å². The minimum absolute atomic E-state index is 0.0622. The second-order valence-electron chi connectivity index (χ2n) is 5.74. The zero-order valence-electron chi connectivity index (χ0n) is 15.3. The van der Waals surface area contributed by atoms with Crippen LogP contribution in [0, 0.1) is 10.7 Å². The van der Waals surface area contributed by atoms with Crippen LogP contribution in [0.25, 0.3) is 0 Å². The smallest absolute Gasteiger partial charge is 0.355 e. The Hall–Kier alpha value is -0.103. The van der Waals surface area contributed by atoms with Crippen molar-refractivity contribution in [3.63, 3.8) is 0 Å². The van der Waals surface area contributed by atoms with Gasteiger partial charge in [0.2, 0.25) is 0 Å². The van der Waals surface area contributed by atoms with Crippen molar-refractivity contribution in [3.05, 3.63) is 0 Å². The lowest BCUT2D eigenvalue weighted by Gasteiger charge is -2.29. The molecule has 1 atom stereocenters. The number of hydrogen-bond donors (Lipinski definition) is 0. The number of thioether (sulfide) groups is 1. The molecule has 0 aliphatic heterocycles. The predicted octanol–water partition coefficient (Wildman–Crippen LogP) is 4.84. The quantitative estimate of drug-likeness (QED) is 0.180. The molecule has 0 radical (unpaired) electrons. The summed E-state index contributed by atoms with van der Waals surface area (Å²) >= 11 is 1.11. The van der Waals surface area contributed by atoms with E-state index in [9.17, 15) is 0 Å². The van der Waals surface area contributed by atoms with E-state index in [4.69, 9.17) is 23.0 Å². The first-order valence-corrected chi connectivity index (χ1v) is 11.1. The lowest BCUT2D eigenvalue weighted by molar-refractivity contribution is -0.0329. The van der Waals surface area contributed by atoms with Crippen LogP contribution in [0.15, 0.2) is 0 Å². The summed E-state index contributed by atoms with van der Waals surface area (Å²) in [5.74, 6) is 0. The lowest BCUT2D eigenvalue weighted by atomic mass is 10.1. The van der Waals surface area contributed by atoms with Crippen molar-refractivity contribution in [1.82, 2.24) is 0 Å². The molecule has 0 spiro atoms. The van der Waals surface area contributed by atoms with Crippen LogP contribution < -0.4 is 0 Å². The molecule has 5 nitrogen and oxygen atoms in total. The van der Waals surface area contributed by atoms with Gasteiger partial charge in [0, 0.05) is 20.3 Å². The van der Waals surface area contributed by atoms with Gasteiger partial charge in [-0.25, -0.2) is 0 Å². The van der Waals surface area contributed by atoms with Gasteiger partial charge < -0.3 is 17.7 Å². The number of rotatable bonds is 15. The van der Waals surface area contributed by atoms with Gasteiger partial charge >= 0.3 is 9.05 Å². The van der Waals surface area contributed by atoms with Gasteiger partial charge in [-0.05, 0) is 38.5 Å². The zero-order chi connectivity index (χ0) is 17.6. The van der Waals surface area contributed by atoms with Crippen molar-refractivity contribution >= 4 is 20.8 Å². The highest BCUT2D eigenvalue weighted by Gasteiger charge is 2.46. The van der Waals surface area contributed by atoms with Gasteiger partial charge in [-0.15, -0.1) is 0 Å². The van der Waals surface area contributed by atoms with Crippen LogP contribution in [0.5, 0.6) is 0 Å². The average Bonchev–Trinajstić information content (AvgIpc) is 2.52. The lowest BCUT2D eigenvalue weighted by Crippen LogP contribution is -2.50. The molecule has 0 saturated carbocycles. The molecular weight excluding hydrogens is 330 g/mol. The van der Waals surface area contributed by atoms with Gasteiger partial charge in [-0.1, -0.05) is 45.4 Å². The molecule has 0 N–H and O–H groups in total. The van der Waals surface area contributed by atoms with E-state index in [0.717, 1.165) is 31.0 Å². The number of nitrogens with zero attached hydrogens (tertiary/aromatic N) is 1. The number of thiocyanates is 1. The molecule has 23 heavy (non-hydrogen) atoms. The van der Waals surface area contributed by atoms with E-state index >= 15 is 0 Å². The summed E-state index contributed by atoms with van der Waals surface area (Å²) in [6.45, 7) is 6.04. The van der Waals surface area contributed by atoms with Crippen molar-refractivity contribution < 1.29 is 17.7 Å². The monoisotopic (exact) mass is 363 g/mol. The Morgan fingerprint density at radius 1 is 0.957 bits per heavy atom. The van der Waals surface area contributed by atoms with Crippen LogP contribution in [0.2, 0.25) is 0 Å². The standard InChI is InChI=1S/C16H33NO4SSi/c1-6-7-8-9-10-11-12-13-16(22-14-17)21-23(18-4,19-5)20-15(2)3/h15-16H,6-13H2,1-5H3. The third kappa shape index (κ3) is 11.1. The fourth-order valence-electron chi connectivity index (χ4n) is 2.22. The average molecular weight is 364 g/mol. The summed E-state index contributed by atoms with van der Waals surface area (Å²) in [6.07, 6.45) is 9.36. The molecule has 136 valence electrons. The Morgan fingerprint density at radius 2 is 1.52 bits per heavy atom. The van der Waals surface area contributed by atoms with Crippen molar-refractivity contribution in [2.45, 2.75) is 83.7 Å². The molecular formula is C16H33NO4SSi. The molecule has 0 aromatic rings. The normalized spacial score (nSPS) is 13.3. The van der Waals surface area contributed by atoms with Crippen molar-refractivity contribution in [1.29, 1.82) is 5.26 Å². The summed E-state index contributed by atoms with van der Waals surface area (Å²) < 4.78 is 22.5. The zero-order valence-corrected chi connectivity index (χ0v) is 17.1. The first-order valence-electron chi connectivity index (χ1n) is 8.54. The van der Waals surface area contributed by atoms with E-state index in [2.05, 4.69) is 12.3 Å². The Balaban J connectivity index is 4.29. The minimum atomic E-state index is -3.16. The van der Waals surface area contributed by atoms with Crippen LogP contribution >= 0.6 is 11.8 Å². The van der Waals surface area contributed by atoms with Crippen LogP contribution in [0.1, 0.15) is 72.1 Å². The highest BCUT2D eigenvalue weighted by Crippen LogP contribution is 2.25. The van der Waals surface area contributed by atoms with Gasteiger partial charge in [-0.2, -0.15) is 5.26 Å². The van der Waals surface area contributed by atoms with E-state index in [-0.39, 0.29) is 11.5 Å². The third-order valence-electron chi connectivity index (χ3n) is 3.38. The Labute approximate surface area is 147 Å². The first kappa shape index (κ1) is 22.9. The SMILES string of the molecule is CCCCCCCCCC(O[Si](OC)(OC)OC(C)C)SC#N. The molecule has 0 saturated heterocycles. The number of nitriles is 1. The summed E-state index contributed by atoms with van der Waals surface area (Å²) in [6, 6.07) is 0. The molecule has 7 heteroatoms. The van der Waals surface area contributed by atoms with Gasteiger partial charge in [0.05, 0.1) is 0 Å². The van der Waals surface area contributed by atoms with Crippen molar-refractivity contribution in [2.75, 3.05) is 14.2 Å². The minimum Gasteiger partial charge on any atom is -0.355 e. The molecule has 0 aromatic heterocycles. The third-order valence-corrected chi connectivity index (χ3v) is 6.59. The van der Waals surface area contributed by atoms with Crippen LogP contribution in [0.3, 0.4) is 0 Å². The Morgan fingerprint density at radius 3 is 2.00 bits per heavy atom. The highest BCUT2D eigenvalue weighted by atomic mass is 32.2. The summed E-state index contributed by atoms with van der Waals surface area (Å²) in [7, 11) is -0.109. The maximum Gasteiger partial charge on any atom is 0.680 e. The van der Waals surface area contributed by atoms with Gasteiger partial charge in [0.15, 0.2) is 0 Å². The van der Waals surface area contributed by atoms with Gasteiger partial charge in [-0.3, -0.25) is 0 Å². The molecule has 0 heterocycles. The number of hydrogen-bond acceptors (Lipinski definition) is 6. The van der Waals surface area contributed by atoms with Crippen LogP contribution in [0.4, 0.5) is 0 Å². The van der Waals surface area contributed by atoms with E-state index in [1.165, 1.54) is 46.3 Å². The number of unbranched alkanes of at least 4 members (excludes halogenated alkanes) is 6. The second-order valence-corrected chi connectivity index (χ2v) is 8.97. The summed E-state index contributed by atoms with van der Waals surface area (Å²) in [4.78, 5) is 0. The molecule has 0 amide bonds. The maximum atomic E-state index is 8.99. The topological polar surface area (TPSA) is 60.7 Å². The summed E-state index contributed by atoms with van der Waals surface area (Å²) in [5, 5.41) is 11.1. The Bertz CT molecular complexity index is 322. The molecule has 1 unspecified atom stereocenters. The fourth-order valence-corrected chi connectivity index (χ4v) is 4.79. The molecule has 0 aliphatic carbocycles. The molecule has 0 aliphatic rings. The van der Waals surface area contributed by atoms with Crippen LogP contribution in [-0.2, 0) is 17.7 Å². The Kier molecular flexibility index (Phi) is 14.2. The predicted molar refractivity (Wildman–Crippen MR) is 96.7 cm³/mol. The van der Waals surface area contributed by atoms with E-state index in [0.29, 0.717) is 0 Å². The van der Waals surface area contributed by atoms with Gasteiger partial charge in [0.1, 0.15) is 10.8 Å². The van der Waals surface area contributed by atoms with E-state index < -0.39 is 9.05 Å². The summed E-state index contributed by atoms with van der Waals surface area (Å²) in [5.41, 5.74) is -0.277. The molecule has 0 rings (SSSR count). The van der Waals surface area contributed by atoms with Gasteiger partial charge in [0.25, 0.3) is 0 Å². The van der Waals surface area contributed by atoms with Crippen molar-refractivity contribution in [2.24, 2.45) is 0 Å². The molecule has 0 bridgehead atoms. The fraction of sp³-hybridized carbons (Fsp3) is 0.938. The maximum absolute atomic E-state index is 8.99. The second kappa shape index (κ2) is 14.3. The largest absolute Gasteiger partial charge is 0.680 e.